The van der Waals surface area contributed by atoms with Gasteiger partial charge in [-0.2, -0.15) is 4.31 Å². The van der Waals surface area contributed by atoms with E-state index in [1.54, 1.807) is 49.4 Å². The Balaban J connectivity index is 1.73. The van der Waals surface area contributed by atoms with Crippen LogP contribution in [-0.4, -0.2) is 46.9 Å². The van der Waals surface area contributed by atoms with E-state index in [0.29, 0.717) is 31.7 Å². The molecule has 1 heterocycles. The molecule has 1 unspecified atom stereocenters. The van der Waals surface area contributed by atoms with Crippen LogP contribution in [-0.2, 0) is 20.0 Å². The third-order valence-electron chi connectivity index (χ3n) is 5.66. The zero-order chi connectivity index (χ0) is 23.4. The lowest BCUT2D eigenvalue weighted by Crippen LogP contribution is -2.45. The van der Waals surface area contributed by atoms with Crippen LogP contribution in [0.15, 0.2) is 52.3 Å². The SMILES string of the molecule is CCOc1ccc(C)cc1S(=O)(=O)NCCC1CCCCN1S(=O)(=O)c1ccc(C)cc1. The van der Waals surface area contributed by atoms with Gasteiger partial charge in [0, 0.05) is 19.1 Å². The van der Waals surface area contributed by atoms with Gasteiger partial charge in [0.1, 0.15) is 10.6 Å². The summed E-state index contributed by atoms with van der Waals surface area (Å²) in [6.45, 7) is 6.49. The minimum absolute atomic E-state index is 0.104. The van der Waals surface area contributed by atoms with Gasteiger partial charge in [-0.3, -0.25) is 0 Å². The molecule has 1 aliphatic rings. The highest BCUT2D eigenvalue weighted by Crippen LogP contribution is 2.28. The van der Waals surface area contributed by atoms with Gasteiger partial charge in [-0.15, -0.1) is 0 Å². The van der Waals surface area contributed by atoms with Crippen molar-refractivity contribution in [3.05, 3.63) is 53.6 Å². The molecule has 0 bridgehead atoms. The third-order valence-corrected chi connectivity index (χ3v) is 9.11. The Morgan fingerprint density at radius 3 is 2.38 bits per heavy atom. The maximum absolute atomic E-state index is 13.2. The molecule has 1 N–H and O–H groups in total. The van der Waals surface area contributed by atoms with Crippen molar-refractivity contribution in [2.75, 3.05) is 19.7 Å². The number of nitrogens with zero attached hydrogens (tertiary/aromatic N) is 1. The summed E-state index contributed by atoms with van der Waals surface area (Å²) in [4.78, 5) is 0.379. The van der Waals surface area contributed by atoms with E-state index in [1.165, 1.54) is 4.31 Å². The number of aryl methyl sites for hydroxylation is 2. The summed E-state index contributed by atoms with van der Waals surface area (Å²) in [5.41, 5.74) is 1.81. The van der Waals surface area contributed by atoms with E-state index in [9.17, 15) is 16.8 Å². The van der Waals surface area contributed by atoms with E-state index in [1.807, 2.05) is 13.8 Å². The molecule has 1 atom stereocenters. The first-order valence-corrected chi connectivity index (χ1v) is 13.9. The second kappa shape index (κ2) is 10.3. The van der Waals surface area contributed by atoms with Gasteiger partial charge in [0.25, 0.3) is 0 Å². The lowest BCUT2D eigenvalue weighted by molar-refractivity contribution is 0.242. The first-order chi connectivity index (χ1) is 15.1. The molecule has 32 heavy (non-hydrogen) atoms. The molecule has 3 rings (SSSR count). The average Bonchev–Trinajstić information content (AvgIpc) is 2.75. The highest BCUT2D eigenvalue weighted by molar-refractivity contribution is 7.89. The Bertz CT molecular complexity index is 1130. The smallest absolute Gasteiger partial charge is 0.244 e. The molecule has 0 saturated carbocycles. The summed E-state index contributed by atoms with van der Waals surface area (Å²) in [6.07, 6.45) is 2.83. The van der Waals surface area contributed by atoms with Crippen molar-refractivity contribution in [2.45, 2.75) is 62.3 Å². The van der Waals surface area contributed by atoms with Gasteiger partial charge in [-0.1, -0.05) is 30.2 Å². The molecule has 0 aliphatic carbocycles. The predicted octanol–water partition coefficient (Wildman–Crippen LogP) is 3.61. The van der Waals surface area contributed by atoms with Crippen LogP contribution in [0, 0.1) is 13.8 Å². The Labute approximate surface area is 191 Å². The normalized spacial score (nSPS) is 17.9. The molecule has 1 aliphatic heterocycles. The lowest BCUT2D eigenvalue weighted by Gasteiger charge is -2.34. The molecular weight excluding hydrogens is 448 g/mol. The number of benzene rings is 2. The molecule has 0 spiro atoms. The van der Waals surface area contributed by atoms with E-state index in [2.05, 4.69) is 4.72 Å². The maximum atomic E-state index is 13.2. The fourth-order valence-corrected chi connectivity index (χ4v) is 6.96. The van der Waals surface area contributed by atoms with Crippen LogP contribution in [0.5, 0.6) is 5.75 Å². The Morgan fingerprint density at radius 1 is 1.00 bits per heavy atom. The van der Waals surface area contributed by atoms with Crippen LogP contribution in [0.3, 0.4) is 0 Å². The maximum Gasteiger partial charge on any atom is 0.244 e. The van der Waals surface area contributed by atoms with E-state index in [-0.39, 0.29) is 22.4 Å². The number of hydrogen-bond donors (Lipinski definition) is 1. The highest BCUT2D eigenvalue weighted by Gasteiger charge is 2.33. The van der Waals surface area contributed by atoms with Gasteiger partial charge in [0.05, 0.1) is 11.5 Å². The van der Waals surface area contributed by atoms with E-state index in [0.717, 1.165) is 24.0 Å². The lowest BCUT2D eigenvalue weighted by atomic mass is 10.0. The van der Waals surface area contributed by atoms with Crippen LogP contribution in [0.2, 0.25) is 0 Å². The van der Waals surface area contributed by atoms with Gasteiger partial charge >= 0.3 is 0 Å². The number of rotatable bonds is 9. The van der Waals surface area contributed by atoms with Crippen LogP contribution in [0.4, 0.5) is 0 Å². The van der Waals surface area contributed by atoms with Crippen LogP contribution >= 0.6 is 0 Å². The average molecular weight is 481 g/mol. The molecule has 0 amide bonds. The highest BCUT2D eigenvalue weighted by atomic mass is 32.2. The van der Waals surface area contributed by atoms with E-state index < -0.39 is 20.0 Å². The molecule has 1 fully saturated rings. The van der Waals surface area contributed by atoms with Crippen molar-refractivity contribution >= 4 is 20.0 Å². The summed E-state index contributed by atoms with van der Waals surface area (Å²) < 4.78 is 62.0. The monoisotopic (exact) mass is 480 g/mol. The van der Waals surface area contributed by atoms with Crippen molar-refractivity contribution < 1.29 is 21.6 Å². The van der Waals surface area contributed by atoms with E-state index in [4.69, 9.17) is 4.74 Å². The summed E-state index contributed by atoms with van der Waals surface area (Å²) in [5, 5.41) is 0. The molecule has 0 aromatic heterocycles. The molecular formula is C23H32N2O5S2. The van der Waals surface area contributed by atoms with Crippen LogP contribution < -0.4 is 9.46 Å². The van der Waals surface area contributed by atoms with Crippen LogP contribution in [0.25, 0.3) is 0 Å². The van der Waals surface area contributed by atoms with Crippen LogP contribution in [0.1, 0.15) is 43.7 Å². The largest absolute Gasteiger partial charge is 0.492 e. The predicted molar refractivity (Wildman–Crippen MR) is 125 cm³/mol. The second-order valence-electron chi connectivity index (χ2n) is 8.15. The quantitative estimate of drug-likeness (QED) is 0.592. The van der Waals surface area contributed by atoms with Crippen molar-refractivity contribution in [1.82, 2.24) is 9.03 Å². The van der Waals surface area contributed by atoms with Gasteiger partial charge in [0.15, 0.2) is 0 Å². The van der Waals surface area contributed by atoms with Gasteiger partial charge in [0.2, 0.25) is 20.0 Å². The number of piperidine rings is 1. The second-order valence-corrected chi connectivity index (χ2v) is 11.8. The topological polar surface area (TPSA) is 92.8 Å². The minimum Gasteiger partial charge on any atom is -0.492 e. The fourth-order valence-electron chi connectivity index (χ4n) is 3.96. The fraction of sp³-hybridized carbons (Fsp3) is 0.478. The summed E-state index contributed by atoms with van der Waals surface area (Å²) >= 11 is 0. The zero-order valence-corrected chi connectivity index (χ0v) is 20.5. The number of nitrogens with one attached hydrogen (secondary N) is 1. The van der Waals surface area contributed by atoms with E-state index >= 15 is 0 Å². The third kappa shape index (κ3) is 5.70. The summed E-state index contributed by atoms with van der Waals surface area (Å²) in [6, 6.07) is 11.6. The Kier molecular flexibility index (Phi) is 7.97. The van der Waals surface area contributed by atoms with Gasteiger partial charge in [-0.25, -0.2) is 21.6 Å². The Morgan fingerprint density at radius 2 is 1.69 bits per heavy atom. The number of sulfonamides is 2. The number of hydrogen-bond acceptors (Lipinski definition) is 5. The number of ether oxygens (including phenoxy) is 1. The molecule has 7 nitrogen and oxygen atoms in total. The van der Waals surface area contributed by atoms with Crippen molar-refractivity contribution in [1.29, 1.82) is 0 Å². The summed E-state index contributed by atoms with van der Waals surface area (Å²) in [7, 11) is -7.42. The van der Waals surface area contributed by atoms with Crippen molar-refractivity contribution in [3.63, 3.8) is 0 Å². The van der Waals surface area contributed by atoms with Crippen molar-refractivity contribution in [2.24, 2.45) is 0 Å². The first-order valence-electron chi connectivity index (χ1n) is 11.0. The molecule has 2 aromatic carbocycles. The molecule has 1 saturated heterocycles. The van der Waals surface area contributed by atoms with Gasteiger partial charge < -0.3 is 4.74 Å². The van der Waals surface area contributed by atoms with Gasteiger partial charge in [-0.05, 0) is 69.9 Å². The van der Waals surface area contributed by atoms with Crippen molar-refractivity contribution in [3.8, 4) is 5.75 Å². The standard InChI is InChI=1S/C23H32N2O5S2/c1-4-30-22-13-10-19(3)17-23(22)31(26,27)24-15-14-20-7-5-6-16-25(20)32(28,29)21-11-8-18(2)9-12-21/h8-13,17,20,24H,4-7,14-16H2,1-3H3. The Hall–Kier alpha value is -1.94. The molecule has 9 heteroatoms. The zero-order valence-electron chi connectivity index (χ0n) is 18.9. The molecule has 2 aromatic rings. The minimum atomic E-state index is -3.79. The molecule has 176 valence electrons. The summed E-state index contributed by atoms with van der Waals surface area (Å²) in [5.74, 6) is 0.312. The first kappa shape index (κ1) is 24.7. The molecule has 0 radical (unpaired) electrons.